The fourth-order valence-electron chi connectivity index (χ4n) is 3.39. The molecule has 41 heavy (non-hydrogen) atoms. The molecule has 4 atom stereocenters. The number of hydrogen-bond donors (Lipinski definition) is 1. The molecule has 0 aromatic heterocycles. The third-order valence-electron chi connectivity index (χ3n) is 6.89. The number of esters is 2. The van der Waals surface area contributed by atoms with Crippen molar-refractivity contribution in [1.82, 2.24) is 0 Å². The molecule has 0 heterocycles. The van der Waals surface area contributed by atoms with Gasteiger partial charge in [0.2, 0.25) is 0 Å². The monoisotopic (exact) mass is 581 g/mol. The van der Waals surface area contributed by atoms with E-state index in [4.69, 9.17) is 34.2 Å². The Morgan fingerprint density at radius 2 is 1.34 bits per heavy atom. The van der Waals surface area contributed by atoms with Crippen molar-refractivity contribution in [1.29, 1.82) is 0 Å². The number of hydrogen-bond acceptors (Lipinski definition) is 11. The molecule has 0 aliphatic heterocycles. The highest BCUT2D eigenvalue weighted by atomic mass is 16.7. The SMILES string of the molecule is CCC(C)COC(=O)Oc1ccc(C[C@](N)(CCOC(=O)CC(C)CC)C(=O)OC)cc1OC(=O)OCC(C)CC. The third-order valence-corrected chi connectivity index (χ3v) is 6.89. The zero-order chi connectivity index (χ0) is 31.0. The van der Waals surface area contributed by atoms with E-state index in [2.05, 4.69) is 0 Å². The molecule has 3 unspecified atom stereocenters. The minimum Gasteiger partial charge on any atom is -0.468 e. The lowest BCUT2D eigenvalue weighted by Gasteiger charge is -2.27. The first-order chi connectivity index (χ1) is 19.4. The second-order valence-electron chi connectivity index (χ2n) is 10.6. The highest BCUT2D eigenvalue weighted by molar-refractivity contribution is 5.81. The van der Waals surface area contributed by atoms with Crippen molar-refractivity contribution in [3.63, 3.8) is 0 Å². The predicted octanol–water partition coefficient (Wildman–Crippen LogP) is 5.59. The summed E-state index contributed by atoms with van der Waals surface area (Å²) >= 11 is 0. The summed E-state index contributed by atoms with van der Waals surface area (Å²) in [6, 6.07) is 4.39. The molecule has 0 saturated carbocycles. The highest BCUT2D eigenvalue weighted by Crippen LogP contribution is 2.31. The van der Waals surface area contributed by atoms with E-state index in [1.807, 2.05) is 41.5 Å². The normalized spacial score (nSPS) is 14.5. The van der Waals surface area contributed by atoms with Crippen LogP contribution in [0.15, 0.2) is 18.2 Å². The average molecular weight is 582 g/mol. The van der Waals surface area contributed by atoms with Gasteiger partial charge in [0.25, 0.3) is 0 Å². The van der Waals surface area contributed by atoms with Crippen LogP contribution in [0, 0.1) is 17.8 Å². The van der Waals surface area contributed by atoms with Crippen LogP contribution in [-0.2, 0) is 35.0 Å². The lowest BCUT2D eigenvalue weighted by molar-refractivity contribution is -0.151. The van der Waals surface area contributed by atoms with Gasteiger partial charge in [-0.25, -0.2) is 9.59 Å². The van der Waals surface area contributed by atoms with Gasteiger partial charge in [-0.2, -0.15) is 0 Å². The molecule has 232 valence electrons. The Morgan fingerprint density at radius 1 is 0.805 bits per heavy atom. The smallest absolute Gasteiger partial charge is 0.468 e. The van der Waals surface area contributed by atoms with Crippen LogP contribution in [0.25, 0.3) is 0 Å². The maximum absolute atomic E-state index is 12.7. The maximum atomic E-state index is 12.7. The molecule has 2 N–H and O–H groups in total. The standard InChI is InChI=1S/C30H47NO10/c1-8-20(4)15-26(32)37-14-13-30(31,27(33)36-7)17-23-11-12-24(40-28(34)38-18-21(5)9-2)25(16-23)41-29(35)39-19-22(6)10-3/h11-12,16,20-22H,8-10,13-15,17-19,31H2,1-7H3/t20?,21?,22?,30-/m1/s1. The summed E-state index contributed by atoms with van der Waals surface area (Å²) in [5.74, 6) is -0.847. The Kier molecular flexibility index (Phi) is 15.8. The van der Waals surface area contributed by atoms with Gasteiger partial charge >= 0.3 is 24.2 Å². The van der Waals surface area contributed by atoms with Gasteiger partial charge in [0, 0.05) is 19.3 Å². The zero-order valence-corrected chi connectivity index (χ0v) is 25.5. The first-order valence-corrected chi connectivity index (χ1v) is 14.2. The second kappa shape index (κ2) is 18.2. The molecule has 0 aliphatic rings. The average Bonchev–Trinajstić information content (AvgIpc) is 2.95. The predicted molar refractivity (Wildman–Crippen MR) is 152 cm³/mol. The van der Waals surface area contributed by atoms with Crippen molar-refractivity contribution in [3.05, 3.63) is 23.8 Å². The van der Waals surface area contributed by atoms with E-state index in [1.165, 1.54) is 19.2 Å². The van der Waals surface area contributed by atoms with Gasteiger partial charge in [0.15, 0.2) is 11.5 Å². The summed E-state index contributed by atoms with van der Waals surface area (Å²) in [5.41, 5.74) is 5.35. The molecule has 0 fully saturated rings. The second-order valence-corrected chi connectivity index (χ2v) is 10.6. The lowest BCUT2D eigenvalue weighted by atomic mass is 9.88. The third kappa shape index (κ3) is 13.2. The van der Waals surface area contributed by atoms with Gasteiger partial charge in [-0.1, -0.05) is 66.9 Å². The molecule has 1 aromatic carbocycles. The summed E-state index contributed by atoms with van der Waals surface area (Å²) in [5, 5.41) is 0. The van der Waals surface area contributed by atoms with Crippen LogP contribution in [0.5, 0.6) is 11.5 Å². The van der Waals surface area contributed by atoms with E-state index in [1.54, 1.807) is 6.07 Å². The minimum atomic E-state index is -1.56. The molecule has 0 amide bonds. The number of benzene rings is 1. The molecular formula is C30H47NO10. The van der Waals surface area contributed by atoms with Gasteiger partial charge in [-0.05, 0) is 35.4 Å². The van der Waals surface area contributed by atoms with E-state index in [9.17, 15) is 19.2 Å². The van der Waals surface area contributed by atoms with Crippen LogP contribution in [0.3, 0.4) is 0 Å². The number of carbonyl (C=O) groups excluding carboxylic acids is 4. The number of rotatable bonds is 17. The minimum absolute atomic E-state index is 0.0146. The van der Waals surface area contributed by atoms with Gasteiger partial charge in [0.05, 0.1) is 26.9 Å². The first-order valence-electron chi connectivity index (χ1n) is 14.2. The first kappa shape index (κ1) is 35.7. The molecule has 0 spiro atoms. The van der Waals surface area contributed by atoms with E-state index >= 15 is 0 Å². The molecule has 0 radical (unpaired) electrons. The van der Waals surface area contributed by atoms with Crippen LogP contribution in [0.2, 0.25) is 0 Å². The molecule has 0 aliphatic carbocycles. The maximum Gasteiger partial charge on any atom is 0.513 e. The van der Waals surface area contributed by atoms with Crippen molar-refractivity contribution in [2.45, 2.75) is 85.6 Å². The number of carbonyl (C=O) groups is 4. The topological polar surface area (TPSA) is 150 Å². The van der Waals surface area contributed by atoms with Gasteiger partial charge in [-0.3, -0.25) is 9.59 Å². The van der Waals surface area contributed by atoms with Crippen LogP contribution >= 0.6 is 0 Å². The molecule has 1 aromatic rings. The van der Waals surface area contributed by atoms with Crippen molar-refractivity contribution in [2.24, 2.45) is 23.5 Å². The van der Waals surface area contributed by atoms with Gasteiger partial charge in [-0.15, -0.1) is 0 Å². The fourth-order valence-corrected chi connectivity index (χ4v) is 3.39. The largest absolute Gasteiger partial charge is 0.513 e. The molecule has 0 saturated heterocycles. The summed E-state index contributed by atoms with van der Waals surface area (Å²) in [7, 11) is 1.21. The van der Waals surface area contributed by atoms with E-state index in [0.29, 0.717) is 5.56 Å². The summed E-state index contributed by atoms with van der Waals surface area (Å²) in [6.45, 7) is 11.9. The van der Waals surface area contributed by atoms with E-state index < -0.39 is 23.8 Å². The lowest BCUT2D eigenvalue weighted by Crippen LogP contribution is -2.51. The number of ether oxygens (including phenoxy) is 6. The van der Waals surface area contributed by atoms with Crippen LogP contribution in [-0.4, -0.2) is 56.7 Å². The molecule has 1 rings (SSSR count). The Balaban J connectivity index is 3.14. The Bertz CT molecular complexity index is 997. The van der Waals surface area contributed by atoms with Crippen LogP contribution in [0.1, 0.15) is 79.2 Å². The van der Waals surface area contributed by atoms with Crippen molar-refractivity contribution in [2.75, 3.05) is 26.9 Å². The van der Waals surface area contributed by atoms with Crippen molar-refractivity contribution >= 4 is 24.2 Å². The van der Waals surface area contributed by atoms with E-state index in [-0.39, 0.29) is 74.3 Å². The molecule has 11 nitrogen and oxygen atoms in total. The zero-order valence-electron chi connectivity index (χ0n) is 25.5. The Morgan fingerprint density at radius 3 is 1.85 bits per heavy atom. The molecule has 0 bridgehead atoms. The number of methoxy groups -OCH3 is 1. The van der Waals surface area contributed by atoms with Crippen LogP contribution in [0.4, 0.5) is 9.59 Å². The summed E-state index contributed by atoms with van der Waals surface area (Å²) < 4.78 is 31.2. The van der Waals surface area contributed by atoms with E-state index in [0.717, 1.165) is 19.3 Å². The van der Waals surface area contributed by atoms with Crippen LogP contribution < -0.4 is 15.2 Å². The Hall–Kier alpha value is -3.34. The summed E-state index contributed by atoms with van der Waals surface area (Å²) in [4.78, 5) is 49.5. The summed E-state index contributed by atoms with van der Waals surface area (Å²) in [6.07, 6.45) is 0.705. The van der Waals surface area contributed by atoms with Crippen molar-refractivity contribution < 1.29 is 47.6 Å². The molecular weight excluding hydrogens is 534 g/mol. The fraction of sp³-hybridized carbons (Fsp3) is 0.667. The van der Waals surface area contributed by atoms with Crippen molar-refractivity contribution in [3.8, 4) is 11.5 Å². The highest BCUT2D eigenvalue weighted by Gasteiger charge is 2.36. The Labute approximate surface area is 243 Å². The molecule has 11 heteroatoms. The van der Waals surface area contributed by atoms with Gasteiger partial charge < -0.3 is 34.2 Å². The van der Waals surface area contributed by atoms with Gasteiger partial charge in [0.1, 0.15) is 5.54 Å². The number of nitrogens with two attached hydrogens (primary N) is 1. The quantitative estimate of drug-likeness (QED) is 0.139.